The Balaban J connectivity index is 1.94. The van der Waals surface area contributed by atoms with Crippen molar-refractivity contribution in [2.45, 2.75) is 44.8 Å². The third-order valence-corrected chi connectivity index (χ3v) is 7.16. The van der Waals surface area contributed by atoms with Gasteiger partial charge in [0.15, 0.2) is 0 Å². The van der Waals surface area contributed by atoms with Crippen molar-refractivity contribution in [1.82, 2.24) is 15.1 Å². The average Bonchev–Trinajstić information content (AvgIpc) is 2.88. The van der Waals surface area contributed by atoms with E-state index in [0.29, 0.717) is 78.0 Å². The summed E-state index contributed by atoms with van der Waals surface area (Å²) in [7, 11) is 0. The molecule has 1 rings (SSSR count). The zero-order valence-corrected chi connectivity index (χ0v) is 23.3. The highest BCUT2D eigenvalue weighted by atomic mass is 32.2. The van der Waals surface area contributed by atoms with Gasteiger partial charge in [0.2, 0.25) is 11.8 Å². The van der Waals surface area contributed by atoms with Gasteiger partial charge in [-0.3, -0.25) is 9.59 Å². The molecule has 0 saturated carbocycles. The molecule has 1 aliphatic rings. The summed E-state index contributed by atoms with van der Waals surface area (Å²) in [6.45, 7) is 15.0. The van der Waals surface area contributed by atoms with Gasteiger partial charge in [-0.05, 0) is 13.0 Å². The molecule has 210 valence electrons. The van der Waals surface area contributed by atoms with Crippen LogP contribution in [0.3, 0.4) is 0 Å². The molecule has 11 heteroatoms. The van der Waals surface area contributed by atoms with Crippen LogP contribution in [0.5, 0.6) is 0 Å². The lowest BCUT2D eigenvalue weighted by molar-refractivity contribution is -0.133. The summed E-state index contributed by atoms with van der Waals surface area (Å²) in [6.07, 6.45) is 2.51. The van der Waals surface area contributed by atoms with E-state index in [1.54, 1.807) is 11.8 Å². The minimum Gasteiger partial charge on any atom is -0.379 e. The van der Waals surface area contributed by atoms with Gasteiger partial charge in [-0.15, -0.1) is 11.8 Å². The van der Waals surface area contributed by atoms with Crippen LogP contribution in [0.15, 0.2) is 0 Å². The number of likely N-dealkylation sites (N-methyl/N-ethyl adjacent to an activating group) is 1. The topological polar surface area (TPSA) is 107 Å². The third-order valence-electron chi connectivity index (χ3n) is 5.77. The number of thioether (sulfide) groups is 1. The standard InChI is InChI=1S/C25H47N3O7S/c1-4-27-9-11-28(12-10-27)24(31)6-7-25(2,3)36-22-23(30)26-8-15-33-17-19-35-21-20-34-18-16-32-14-5-13-29/h13H,4-12,14-22H2,1-3H3,(H,26,30). The highest BCUT2D eigenvalue weighted by molar-refractivity contribution is 8.01. The predicted molar refractivity (Wildman–Crippen MR) is 141 cm³/mol. The molecule has 1 heterocycles. The summed E-state index contributed by atoms with van der Waals surface area (Å²) in [6, 6.07) is 0. The van der Waals surface area contributed by atoms with Crippen molar-refractivity contribution in [3.63, 3.8) is 0 Å². The van der Waals surface area contributed by atoms with E-state index in [2.05, 4.69) is 31.0 Å². The maximum absolute atomic E-state index is 12.5. The van der Waals surface area contributed by atoms with Gasteiger partial charge in [0.05, 0.1) is 58.6 Å². The summed E-state index contributed by atoms with van der Waals surface area (Å²) in [5, 5.41) is 2.87. The molecule has 0 aromatic heterocycles. The highest BCUT2D eigenvalue weighted by Crippen LogP contribution is 2.29. The Morgan fingerprint density at radius 1 is 0.889 bits per heavy atom. The van der Waals surface area contributed by atoms with E-state index >= 15 is 0 Å². The monoisotopic (exact) mass is 533 g/mol. The lowest BCUT2D eigenvalue weighted by atomic mass is 10.1. The Morgan fingerprint density at radius 3 is 2.00 bits per heavy atom. The summed E-state index contributed by atoms with van der Waals surface area (Å²) in [5.74, 6) is 0.554. The molecule has 0 radical (unpaired) electrons. The number of carbonyl (C=O) groups excluding carboxylic acids is 3. The van der Waals surface area contributed by atoms with Gasteiger partial charge in [-0.2, -0.15) is 0 Å². The van der Waals surface area contributed by atoms with E-state index in [4.69, 9.17) is 18.9 Å². The fourth-order valence-corrected chi connectivity index (χ4v) is 4.29. The summed E-state index contributed by atoms with van der Waals surface area (Å²) in [4.78, 5) is 39.1. The SMILES string of the molecule is CCN1CCN(C(=O)CCC(C)(C)SCC(=O)NCCOCCOCCOCCOCCC=O)CC1. The van der Waals surface area contributed by atoms with Crippen molar-refractivity contribution in [2.24, 2.45) is 0 Å². The van der Waals surface area contributed by atoms with E-state index in [-0.39, 0.29) is 16.6 Å². The molecular weight excluding hydrogens is 486 g/mol. The first-order valence-corrected chi connectivity index (χ1v) is 14.0. The van der Waals surface area contributed by atoms with Crippen LogP contribution < -0.4 is 5.32 Å². The number of aldehydes is 1. The third kappa shape index (κ3) is 17.3. The minimum atomic E-state index is -0.140. The van der Waals surface area contributed by atoms with Crippen molar-refractivity contribution in [3.05, 3.63) is 0 Å². The summed E-state index contributed by atoms with van der Waals surface area (Å²) >= 11 is 1.58. The maximum Gasteiger partial charge on any atom is 0.230 e. The molecule has 36 heavy (non-hydrogen) atoms. The van der Waals surface area contributed by atoms with Crippen LogP contribution in [0.1, 0.15) is 40.0 Å². The molecule has 0 aromatic rings. The first kappa shape index (κ1) is 32.8. The molecule has 0 aromatic carbocycles. The second-order valence-electron chi connectivity index (χ2n) is 9.12. The largest absolute Gasteiger partial charge is 0.379 e. The van der Waals surface area contributed by atoms with Crippen LogP contribution >= 0.6 is 11.8 Å². The molecule has 1 N–H and O–H groups in total. The van der Waals surface area contributed by atoms with Gasteiger partial charge in [-0.1, -0.05) is 20.8 Å². The molecule has 0 atom stereocenters. The minimum absolute atomic E-state index is 0.0257. The number of ether oxygens (including phenoxy) is 4. The molecule has 1 saturated heterocycles. The second kappa shape index (κ2) is 20.8. The zero-order chi connectivity index (χ0) is 26.5. The first-order chi connectivity index (χ1) is 17.4. The number of carbonyl (C=O) groups is 3. The predicted octanol–water partition coefficient (Wildman–Crippen LogP) is 1.21. The van der Waals surface area contributed by atoms with Crippen LogP contribution in [0.2, 0.25) is 0 Å². The number of nitrogens with zero attached hydrogens (tertiary/aromatic N) is 2. The Morgan fingerprint density at radius 2 is 1.44 bits per heavy atom. The quantitative estimate of drug-likeness (QED) is 0.162. The fraction of sp³-hybridized carbons (Fsp3) is 0.880. The van der Waals surface area contributed by atoms with Crippen molar-refractivity contribution in [1.29, 1.82) is 0 Å². The lowest BCUT2D eigenvalue weighted by Crippen LogP contribution is -2.48. The van der Waals surface area contributed by atoms with Crippen LogP contribution in [0, 0.1) is 0 Å². The van der Waals surface area contributed by atoms with E-state index in [1.807, 2.05) is 4.90 Å². The summed E-state index contributed by atoms with van der Waals surface area (Å²) in [5.41, 5.74) is 0. The van der Waals surface area contributed by atoms with E-state index in [9.17, 15) is 14.4 Å². The normalized spacial score (nSPS) is 14.7. The number of hydrogen-bond acceptors (Lipinski definition) is 9. The van der Waals surface area contributed by atoms with Crippen molar-refractivity contribution < 1.29 is 33.3 Å². The van der Waals surface area contributed by atoms with Crippen molar-refractivity contribution >= 4 is 29.9 Å². The maximum atomic E-state index is 12.5. The molecule has 1 aliphatic heterocycles. The van der Waals surface area contributed by atoms with Gasteiger partial charge >= 0.3 is 0 Å². The van der Waals surface area contributed by atoms with Gasteiger partial charge in [-0.25, -0.2) is 0 Å². The number of rotatable bonds is 22. The van der Waals surface area contributed by atoms with Gasteiger partial charge in [0.1, 0.15) is 6.29 Å². The van der Waals surface area contributed by atoms with E-state index in [1.165, 1.54) is 0 Å². The number of nitrogens with one attached hydrogen (secondary N) is 1. The van der Waals surface area contributed by atoms with Crippen molar-refractivity contribution in [3.8, 4) is 0 Å². The highest BCUT2D eigenvalue weighted by Gasteiger charge is 2.25. The zero-order valence-electron chi connectivity index (χ0n) is 22.5. The molecule has 2 amide bonds. The number of piperazine rings is 1. The van der Waals surface area contributed by atoms with E-state index < -0.39 is 0 Å². The molecule has 0 aliphatic carbocycles. The van der Waals surface area contributed by atoms with Crippen molar-refractivity contribution in [2.75, 3.05) is 97.9 Å². The van der Waals surface area contributed by atoms with Crippen LogP contribution in [-0.4, -0.2) is 131 Å². The van der Waals surface area contributed by atoms with Gasteiger partial charge in [0, 0.05) is 50.3 Å². The van der Waals surface area contributed by atoms with Gasteiger partial charge < -0.3 is 38.9 Å². The van der Waals surface area contributed by atoms with Crippen LogP contribution in [0.25, 0.3) is 0 Å². The Bertz CT molecular complexity index is 602. The first-order valence-electron chi connectivity index (χ1n) is 13.0. The number of amides is 2. The molecule has 10 nitrogen and oxygen atoms in total. The fourth-order valence-electron chi connectivity index (χ4n) is 3.42. The molecule has 0 bridgehead atoms. The average molecular weight is 534 g/mol. The molecular formula is C25H47N3O7S. The molecule has 0 spiro atoms. The van der Waals surface area contributed by atoms with E-state index in [0.717, 1.165) is 45.4 Å². The Labute approximate surface area is 221 Å². The van der Waals surface area contributed by atoms with Crippen LogP contribution in [-0.2, 0) is 33.3 Å². The Kier molecular flexibility index (Phi) is 18.9. The molecule has 0 unspecified atom stereocenters. The van der Waals surface area contributed by atoms with Gasteiger partial charge in [0.25, 0.3) is 0 Å². The lowest BCUT2D eigenvalue weighted by Gasteiger charge is -2.34. The Hall–Kier alpha value is -1.24. The summed E-state index contributed by atoms with van der Waals surface area (Å²) < 4.78 is 21.3. The number of hydrogen-bond donors (Lipinski definition) is 1. The molecule has 1 fully saturated rings. The smallest absolute Gasteiger partial charge is 0.230 e. The van der Waals surface area contributed by atoms with Crippen LogP contribution in [0.4, 0.5) is 0 Å². The second-order valence-corrected chi connectivity index (χ2v) is 10.8.